The molecule has 5 nitrogen and oxygen atoms in total. The van der Waals surface area contributed by atoms with Gasteiger partial charge in [0, 0.05) is 24.6 Å². The topological polar surface area (TPSA) is 50.3 Å². The fourth-order valence-corrected chi connectivity index (χ4v) is 3.93. The van der Waals surface area contributed by atoms with Gasteiger partial charge in [0.1, 0.15) is 24.0 Å². The van der Waals surface area contributed by atoms with Gasteiger partial charge in [0.25, 0.3) is 0 Å². The highest BCUT2D eigenvalue weighted by Crippen LogP contribution is 2.30. The van der Waals surface area contributed by atoms with Crippen LogP contribution in [0.1, 0.15) is 41.9 Å². The normalized spacial score (nSPS) is 19.7. The number of ether oxygens (including phenoxy) is 1. The Morgan fingerprint density at radius 2 is 2.16 bits per heavy atom. The molecular formula is C20H26N4O. The van der Waals surface area contributed by atoms with Gasteiger partial charge in [0.2, 0.25) is 0 Å². The van der Waals surface area contributed by atoms with Crippen molar-refractivity contribution in [3.8, 4) is 5.75 Å². The number of para-hydroxylation sites is 1. The molecule has 0 bridgehead atoms. The van der Waals surface area contributed by atoms with Gasteiger partial charge in [-0.25, -0.2) is 9.97 Å². The van der Waals surface area contributed by atoms with E-state index in [1.165, 1.54) is 30.5 Å². The Hall–Kier alpha value is -2.14. The van der Waals surface area contributed by atoms with Crippen molar-refractivity contribution in [1.29, 1.82) is 0 Å². The molecule has 2 aromatic rings. The summed E-state index contributed by atoms with van der Waals surface area (Å²) >= 11 is 0. The molecule has 1 aromatic heterocycles. The molecule has 0 radical (unpaired) electrons. The molecule has 1 aromatic carbocycles. The van der Waals surface area contributed by atoms with Crippen molar-refractivity contribution in [3.63, 3.8) is 0 Å². The number of anilines is 1. The minimum Gasteiger partial charge on any atom is -0.487 e. The molecular weight excluding hydrogens is 312 g/mol. The van der Waals surface area contributed by atoms with Gasteiger partial charge in [-0.2, -0.15) is 0 Å². The minimum atomic E-state index is 0.510. The first-order chi connectivity index (χ1) is 12.2. The molecule has 0 aliphatic carbocycles. The summed E-state index contributed by atoms with van der Waals surface area (Å²) in [5.41, 5.74) is 3.38. The molecule has 5 heteroatoms. The second kappa shape index (κ2) is 7.00. The molecule has 1 saturated heterocycles. The molecule has 1 fully saturated rings. The number of benzene rings is 1. The lowest BCUT2D eigenvalue weighted by Crippen LogP contribution is -2.27. The molecule has 4 rings (SSSR count). The van der Waals surface area contributed by atoms with Gasteiger partial charge < -0.3 is 15.0 Å². The van der Waals surface area contributed by atoms with Crippen LogP contribution >= 0.6 is 0 Å². The zero-order valence-corrected chi connectivity index (χ0v) is 15.1. The quantitative estimate of drug-likeness (QED) is 0.928. The lowest BCUT2D eigenvalue weighted by Gasteiger charge is -2.20. The summed E-state index contributed by atoms with van der Waals surface area (Å²) in [6.45, 7) is 4.63. The average molecular weight is 338 g/mol. The Morgan fingerprint density at radius 3 is 3.00 bits per heavy atom. The van der Waals surface area contributed by atoms with Gasteiger partial charge in [-0.05, 0) is 51.4 Å². The predicted octanol–water partition coefficient (Wildman–Crippen LogP) is 3.16. The largest absolute Gasteiger partial charge is 0.487 e. The standard InChI is InChI=1S/C20H26N4O/c1-14-22-18-13-25-19-8-4-3-6-15(19)12-17(18)20(23-14)21-10-9-16-7-5-11-24(16)2/h3-4,6,8,16H,5,7,9-13H2,1-2H3,(H,21,22,23)/t16-/m0/s1. The first-order valence-corrected chi connectivity index (χ1v) is 9.22. The molecule has 2 aliphatic rings. The Morgan fingerprint density at radius 1 is 1.28 bits per heavy atom. The molecule has 0 spiro atoms. The van der Waals surface area contributed by atoms with Crippen molar-refractivity contribution >= 4 is 5.82 Å². The lowest BCUT2D eigenvalue weighted by molar-refractivity contribution is 0.300. The van der Waals surface area contributed by atoms with Crippen LogP contribution in [0.25, 0.3) is 0 Å². The zero-order valence-electron chi connectivity index (χ0n) is 15.1. The van der Waals surface area contributed by atoms with E-state index in [1.807, 2.05) is 19.1 Å². The second-order valence-electron chi connectivity index (χ2n) is 7.11. The van der Waals surface area contributed by atoms with E-state index >= 15 is 0 Å². The lowest BCUT2D eigenvalue weighted by atomic mass is 10.0. The fraction of sp³-hybridized carbons (Fsp3) is 0.500. The molecule has 1 atom stereocenters. The second-order valence-corrected chi connectivity index (χ2v) is 7.11. The SMILES string of the molecule is Cc1nc2c(c(NCC[C@@H]3CCCN3C)n1)Cc1ccccc1OC2. The van der Waals surface area contributed by atoms with Crippen LogP contribution in [0.3, 0.4) is 0 Å². The zero-order chi connectivity index (χ0) is 17.2. The maximum atomic E-state index is 5.96. The molecule has 2 aliphatic heterocycles. The van der Waals surface area contributed by atoms with Crippen LogP contribution in [-0.4, -0.2) is 41.0 Å². The van der Waals surface area contributed by atoms with E-state index in [9.17, 15) is 0 Å². The minimum absolute atomic E-state index is 0.510. The van der Waals surface area contributed by atoms with Crippen molar-refractivity contribution in [2.45, 2.75) is 45.3 Å². The molecule has 3 heterocycles. The van der Waals surface area contributed by atoms with Crippen LogP contribution in [-0.2, 0) is 13.0 Å². The number of hydrogen-bond acceptors (Lipinski definition) is 5. The summed E-state index contributed by atoms with van der Waals surface area (Å²) < 4.78 is 5.96. The smallest absolute Gasteiger partial charge is 0.133 e. The number of aromatic nitrogens is 2. The fourth-order valence-electron chi connectivity index (χ4n) is 3.93. The molecule has 1 N–H and O–H groups in total. The summed E-state index contributed by atoms with van der Waals surface area (Å²) in [5.74, 6) is 2.73. The van der Waals surface area contributed by atoms with Gasteiger partial charge in [-0.15, -0.1) is 0 Å². The summed E-state index contributed by atoms with van der Waals surface area (Å²) in [7, 11) is 2.23. The van der Waals surface area contributed by atoms with Crippen molar-refractivity contribution < 1.29 is 4.74 Å². The van der Waals surface area contributed by atoms with E-state index in [2.05, 4.69) is 34.4 Å². The first kappa shape index (κ1) is 16.3. The highest BCUT2D eigenvalue weighted by molar-refractivity contribution is 5.52. The first-order valence-electron chi connectivity index (χ1n) is 9.22. The number of fused-ring (bicyclic) bond motifs is 2. The van der Waals surface area contributed by atoms with E-state index in [-0.39, 0.29) is 0 Å². The Balaban J connectivity index is 1.54. The van der Waals surface area contributed by atoms with Gasteiger partial charge >= 0.3 is 0 Å². The van der Waals surface area contributed by atoms with Crippen LogP contribution in [0.2, 0.25) is 0 Å². The van der Waals surface area contributed by atoms with E-state index in [1.54, 1.807) is 0 Å². The van der Waals surface area contributed by atoms with Crippen molar-refractivity contribution in [3.05, 3.63) is 46.9 Å². The number of nitrogens with one attached hydrogen (secondary N) is 1. The monoisotopic (exact) mass is 338 g/mol. The van der Waals surface area contributed by atoms with Crippen molar-refractivity contribution in [1.82, 2.24) is 14.9 Å². The molecule has 0 saturated carbocycles. The van der Waals surface area contributed by atoms with Crippen molar-refractivity contribution in [2.24, 2.45) is 0 Å². The van der Waals surface area contributed by atoms with Crippen LogP contribution in [0, 0.1) is 6.92 Å². The van der Waals surface area contributed by atoms with Gasteiger partial charge in [-0.3, -0.25) is 0 Å². The van der Waals surface area contributed by atoms with Crippen LogP contribution < -0.4 is 10.1 Å². The van der Waals surface area contributed by atoms with E-state index in [4.69, 9.17) is 9.72 Å². The summed E-state index contributed by atoms with van der Waals surface area (Å²) in [4.78, 5) is 11.8. The van der Waals surface area contributed by atoms with E-state index < -0.39 is 0 Å². The highest BCUT2D eigenvalue weighted by atomic mass is 16.5. The summed E-state index contributed by atoms with van der Waals surface area (Å²) in [6, 6.07) is 8.93. The number of aryl methyl sites for hydroxylation is 1. The third-order valence-electron chi connectivity index (χ3n) is 5.35. The van der Waals surface area contributed by atoms with Gasteiger partial charge in [0.05, 0.1) is 5.69 Å². The van der Waals surface area contributed by atoms with E-state index in [0.29, 0.717) is 12.6 Å². The van der Waals surface area contributed by atoms with Crippen molar-refractivity contribution in [2.75, 3.05) is 25.5 Å². The molecule has 0 amide bonds. The maximum absolute atomic E-state index is 5.96. The van der Waals surface area contributed by atoms with Gasteiger partial charge in [0.15, 0.2) is 0 Å². The Bertz CT molecular complexity index is 761. The van der Waals surface area contributed by atoms with Crippen LogP contribution in [0.5, 0.6) is 5.75 Å². The number of likely N-dealkylation sites (tertiary alicyclic amines) is 1. The van der Waals surface area contributed by atoms with Crippen LogP contribution in [0.4, 0.5) is 5.82 Å². The maximum Gasteiger partial charge on any atom is 0.133 e. The third kappa shape index (κ3) is 3.47. The molecule has 132 valence electrons. The highest BCUT2D eigenvalue weighted by Gasteiger charge is 2.22. The number of nitrogens with zero attached hydrogens (tertiary/aromatic N) is 3. The average Bonchev–Trinajstić information content (AvgIpc) is 2.91. The Kier molecular flexibility index (Phi) is 4.57. The summed E-state index contributed by atoms with van der Waals surface area (Å²) in [6.07, 6.45) is 4.59. The Labute approximate surface area is 149 Å². The van der Waals surface area contributed by atoms with Gasteiger partial charge in [-0.1, -0.05) is 18.2 Å². The van der Waals surface area contributed by atoms with Crippen LogP contribution in [0.15, 0.2) is 24.3 Å². The third-order valence-corrected chi connectivity index (χ3v) is 5.35. The summed E-state index contributed by atoms with van der Waals surface area (Å²) in [5, 5.41) is 3.59. The predicted molar refractivity (Wildman–Crippen MR) is 99.1 cm³/mol. The van der Waals surface area contributed by atoms with E-state index in [0.717, 1.165) is 42.5 Å². The number of rotatable bonds is 4. The molecule has 25 heavy (non-hydrogen) atoms. The number of hydrogen-bond donors (Lipinski definition) is 1. The molecule has 0 unspecified atom stereocenters.